The second kappa shape index (κ2) is 6.09. The number of rotatable bonds is 2. The number of ether oxygens (including phenoxy) is 1. The summed E-state index contributed by atoms with van der Waals surface area (Å²) >= 11 is 6.30. The van der Waals surface area contributed by atoms with Crippen LogP contribution in [0, 0.1) is 6.92 Å². The number of benzene rings is 1. The molecule has 0 saturated heterocycles. The Bertz CT molecular complexity index is 700. The van der Waals surface area contributed by atoms with E-state index in [1.54, 1.807) is 13.0 Å². The number of hydrogen-bond acceptors (Lipinski definition) is 3. The molecular formula is C18H20ClNO2. The summed E-state index contributed by atoms with van der Waals surface area (Å²) in [5.74, 6) is -0.429. The predicted octanol–water partition coefficient (Wildman–Crippen LogP) is 4.79. The van der Waals surface area contributed by atoms with Gasteiger partial charge < -0.3 is 4.74 Å². The van der Waals surface area contributed by atoms with Gasteiger partial charge in [0.2, 0.25) is 0 Å². The van der Waals surface area contributed by atoms with Crippen molar-refractivity contribution < 1.29 is 9.53 Å². The van der Waals surface area contributed by atoms with Crippen LogP contribution in [0.2, 0.25) is 5.02 Å². The van der Waals surface area contributed by atoms with Gasteiger partial charge in [-0.25, -0.2) is 4.79 Å². The normalized spacial score (nSPS) is 11.4. The van der Waals surface area contributed by atoms with Gasteiger partial charge in [0.25, 0.3) is 0 Å². The smallest absolute Gasteiger partial charge is 0.339 e. The summed E-state index contributed by atoms with van der Waals surface area (Å²) in [6, 6.07) is 9.79. The van der Waals surface area contributed by atoms with Gasteiger partial charge in [0.1, 0.15) is 0 Å². The molecule has 116 valence electrons. The van der Waals surface area contributed by atoms with Gasteiger partial charge in [0.05, 0.1) is 29.1 Å². The van der Waals surface area contributed by atoms with Gasteiger partial charge in [-0.05, 0) is 24.0 Å². The van der Waals surface area contributed by atoms with Crippen molar-refractivity contribution in [2.24, 2.45) is 0 Å². The molecule has 0 N–H and O–H groups in total. The van der Waals surface area contributed by atoms with E-state index in [-0.39, 0.29) is 5.41 Å². The van der Waals surface area contributed by atoms with E-state index in [1.165, 1.54) is 12.7 Å². The molecule has 0 aliphatic carbocycles. The molecule has 1 heterocycles. The van der Waals surface area contributed by atoms with Crippen LogP contribution in [0.4, 0.5) is 0 Å². The minimum Gasteiger partial charge on any atom is -0.465 e. The van der Waals surface area contributed by atoms with E-state index in [1.807, 2.05) is 12.1 Å². The number of carbonyl (C=O) groups excluding carboxylic acids is 1. The van der Waals surface area contributed by atoms with E-state index < -0.39 is 5.97 Å². The summed E-state index contributed by atoms with van der Waals surface area (Å²) in [5, 5.41) is 0.439. The first kappa shape index (κ1) is 16.5. The summed E-state index contributed by atoms with van der Waals surface area (Å²) in [4.78, 5) is 16.1. The third-order valence-corrected chi connectivity index (χ3v) is 3.88. The Labute approximate surface area is 136 Å². The standard InChI is InChI=1S/C18H20ClNO2/c1-11-14(17(21)22-5)10-15(19)16(20-11)12-6-8-13(9-7-12)18(2,3)4/h6-10H,1-5H3. The summed E-state index contributed by atoms with van der Waals surface area (Å²) in [6.45, 7) is 8.28. The molecular weight excluding hydrogens is 298 g/mol. The number of carbonyl (C=O) groups is 1. The topological polar surface area (TPSA) is 39.2 Å². The first-order chi connectivity index (χ1) is 10.2. The van der Waals surface area contributed by atoms with Gasteiger partial charge in [-0.2, -0.15) is 0 Å². The number of aryl methyl sites for hydroxylation is 1. The molecule has 0 aliphatic heterocycles. The van der Waals surface area contributed by atoms with E-state index in [2.05, 4.69) is 37.9 Å². The number of nitrogens with zero attached hydrogens (tertiary/aromatic N) is 1. The van der Waals surface area contributed by atoms with E-state index in [0.29, 0.717) is 22.0 Å². The molecule has 1 aromatic carbocycles. The van der Waals surface area contributed by atoms with Crippen LogP contribution in [0.15, 0.2) is 30.3 Å². The Morgan fingerprint density at radius 2 is 1.77 bits per heavy atom. The molecule has 0 fully saturated rings. The highest BCUT2D eigenvalue weighted by Crippen LogP contribution is 2.30. The van der Waals surface area contributed by atoms with Crippen LogP contribution in [0.25, 0.3) is 11.3 Å². The van der Waals surface area contributed by atoms with E-state index >= 15 is 0 Å². The molecule has 0 radical (unpaired) electrons. The van der Waals surface area contributed by atoms with Gasteiger partial charge in [0.15, 0.2) is 0 Å². The summed E-state index contributed by atoms with van der Waals surface area (Å²) < 4.78 is 4.73. The lowest BCUT2D eigenvalue weighted by Gasteiger charge is -2.19. The van der Waals surface area contributed by atoms with Crippen molar-refractivity contribution in [3.8, 4) is 11.3 Å². The molecule has 0 bridgehead atoms. The van der Waals surface area contributed by atoms with Crippen LogP contribution in [-0.4, -0.2) is 18.1 Å². The molecule has 0 spiro atoms. The summed E-state index contributed by atoms with van der Waals surface area (Å²) in [5.41, 5.74) is 3.94. The van der Waals surface area contributed by atoms with Crippen molar-refractivity contribution in [1.29, 1.82) is 0 Å². The average molecular weight is 318 g/mol. The second-order valence-electron chi connectivity index (χ2n) is 6.27. The summed E-state index contributed by atoms with van der Waals surface area (Å²) in [7, 11) is 1.34. The monoisotopic (exact) mass is 317 g/mol. The third-order valence-electron chi connectivity index (χ3n) is 3.60. The SMILES string of the molecule is COC(=O)c1cc(Cl)c(-c2ccc(C(C)(C)C)cc2)nc1C. The molecule has 0 aliphatic rings. The molecule has 0 atom stereocenters. The van der Waals surface area contributed by atoms with Gasteiger partial charge >= 0.3 is 5.97 Å². The maximum absolute atomic E-state index is 11.7. The molecule has 0 saturated carbocycles. The fourth-order valence-electron chi connectivity index (χ4n) is 2.23. The Balaban J connectivity index is 2.45. The van der Waals surface area contributed by atoms with Gasteiger partial charge in [0, 0.05) is 5.56 Å². The van der Waals surface area contributed by atoms with Crippen molar-refractivity contribution in [3.63, 3.8) is 0 Å². The average Bonchev–Trinajstić information content (AvgIpc) is 2.47. The lowest BCUT2D eigenvalue weighted by Crippen LogP contribution is -2.10. The fourth-order valence-corrected chi connectivity index (χ4v) is 2.49. The molecule has 3 nitrogen and oxygen atoms in total. The predicted molar refractivity (Wildman–Crippen MR) is 89.5 cm³/mol. The maximum Gasteiger partial charge on any atom is 0.339 e. The number of hydrogen-bond donors (Lipinski definition) is 0. The van der Waals surface area contributed by atoms with Crippen LogP contribution in [-0.2, 0) is 10.2 Å². The van der Waals surface area contributed by atoms with Crippen molar-refractivity contribution in [3.05, 3.63) is 52.2 Å². The molecule has 22 heavy (non-hydrogen) atoms. The lowest BCUT2D eigenvalue weighted by atomic mass is 9.86. The fraction of sp³-hybridized carbons (Fsp3) is 0.333. The van der Waals surface area contributed by atoms with E-state index in [9.17, 15) is 4.79 Å². The lowest BCUT2D eigenvalue weighted by molar-refractivity contribution is 0.0599. The van der Waals surface area contributed by atoms with Crippen LogP contribution in [0.3, 0.4) is 0 Å². The highest BCUT2D eigenvalue weighted by atomic mass is 35.5. The van der Waals surface area contributed by atoms with Crippen LogP contribution < -0.4 is 0 Å². The number of esters is 1. The van der Waals surface area contributed by atoms with Crippen LogP contribution in [0.1, 0.15) is 42.4 Å². The summed E-state index contributed by atoms with van der Waals surface area (Å²) in [6.07, 6.45) is 0. The van der Waals surface area contributed by atoms with Gasteiger partial charge in [-0.15, -0.1) is 0 Å². The Morgan fingerprint density at radius 1 is 1.18 bits per heavy atom. The van der Waals surface area contributed by atoms with Crippen molar-refractivity contribution in [1.82, 2.24) is 4.98 Å². The molecule has 1 aromatic heterocycles. The zero-order valence-corrected chi connectivity index (χ0v) is 14.3. The minimum absolute atomic E-state index is 0.0976. The minimum atomic E-state index is -0.429. The molecule has 0 amide bonds. The van der Waals surface area contributed by atoms with E-state index in [4.69, 9.17) is 16.3 Å². The second-order valence-corrected chi connectivity index (χ2v) is 6.68. The van der Waals surface area contributed by atoms with E-state index in [0.717, 1.165) is 5.56 Å². The maximum atomic E-state index is 11.7. The highest BCUT2D eigenvalue weighted by molar-refractivity contribution is 6.33. The number of halogens is 1. The van der Waals surface area contributed by atoms with Crippen LogP contribution >= 0.6 is 11.6 Å². The largest absolute Gasteiger partial charge is 0.465 e. The highest BCUT2D eigenvalue weighted by Gasteiger charge is 2.17. The Kier molecular flexibility index (Phi) is 4.57. The van der Waals surface area contributed by atoms with Gasteiger partial charge in [-0.3, -0.25) is 4.98 Å². The number of pyridine rings is 1. The van der Waals surface area contributed by atoms with Crippen LogP contribution in [0.5, 0.6) is 0 Å². The quantitative estimate of drug-likeness (QED) is 0.747. The molecule has 4 heteroatoms. The molecule has 2 aromatic rings. The number of methoxy groups -OCH3 is 1. The van der Waals surface area contributed by atoms with Gasteiger partial charge in [-0.1, -0.05) is 56.6 Å². The Morgan fingerprint density at radius 3 is 2.27 bits per heavy atom. The van der Waals surface area contributed by atoms with Crippen molar-refractivity contribution in [2.75, 3.05) is 7.11 Å². The zero-order valence-electron chi connectivity index (χ0n) is 13.5. The molecule has 0 unspecified atom stereocenters. The Hall–Kier alpha value is -1.87. The first-order valence-corrected chi connectivity index (χ1v) is 7.48. The zero-order chi connectivity index (χ0) is 16.5. The third kappa shape index (κ3) is 3.30. The van der Waals surface area contributed by atoms with Crippen molar-refractivity contribution >= 4 is 17.6 Å². The van der Waals surface area contributed by atoms with Crippen molar-refractivity contribution in [2.45, 2.75) is 33.1 Å². The first-order valence-electron chi connectivity index (χ1n) is 7.10. The molecule has 2 rings (SSSR count). The number of aromatic nitrogens is 1.